The Balaban J connectivity index is 1.93. The maximum atomic E-state index is 13.5. The second kappa shape index (κ2) is 11.7. The number of amides is 2. The molecule has 5 nitrogen and oxygen atoms in total. The Morgan fingerprint density at radius 3 is 2.00 bits per heavy atom. The van der Waals surface area contributed by atoms with Crippen LogP contribution in [0.4, 0.5) is 0 Å². The van der Waals surface area contributed by atoms with Crippen molar-refractivity contribution in [2.45, 2.75) is 32.4 Å². The average Bonchev–Trinajstić information content (AvgIpc) is 2.83. The van der Waals surface area contributed by atoms with Crippen LogP contribution in [0, 0.1) is 0 Å². The third-order valence-corrected chi connectivity index (χ3v) is 5.33. The van der Waals surface area contributed by atoms with Crippen molar-refractivity contribution in [3.63, 3.8) is 0 Å². The molecule has 1 N–H and O–H groups in total. The molecule has 32 heavy (non-hydrogen) atoms. The van der Waals surface area contributed by atoms with Gasteiger partial charge in [0, 0.05) is 19.5 Å². The van der Waals surface area contributed by atoms with E-state index >= 15 is 0 Å². The highest BCUT2D eigenvalue weighted by atomic mass is 16.5. The summed E-state index contributed by atoms with van der Waals surface area (Å²) in [6, 6.07) is 26.4. The van der Waals surface area contributed by atoms with Crippen molar-refractivity contribution >= 4 is 11.8 Å². The molecule has 0 fully saturated rings. The van der Waals surface area contributed by atoms with E-state index in [4.69, 9.17) is 4.74 Å². The van der Waals surface area contributed by atoms with Gasteiger partial charge in [-0.3, -0.25) is 9.59 Å². The predicted molar refractivity (Wildman–Crippen MR) is 126 cm³/mol. The van der Waals surface area contributed by atoms with Gasteiger partial charge in [-0.1, -0.05) is 72.8 Å². The molecule has 0 bridgehead atoms. The van der Waals surface area contributed by atoms with Crippen LogP contribution in [0.1, 0.15) is 23.6 Å². The van der Waals surface area contributed by atoms with Crippen LogP contribution in [0.15, 0.2) is 84.9 Å². The summed E-state index contributed by atoms with van der Waals surface area (Å²) in [6.45, 7) is 2.73. The first-order valence-electron chi connectivity index (χ1n) is 10.9. The third-order valence-electron chi connectivity index (χ3n) is 5.33. The number of carbonyl (C=O) groups is 2. The molecule has 0 aromatic heterocycles. The maximum Gasteiger partial charge on any atom is 0.243 e. The topological polar surface area (TPSA) is 58.6 Å². The van der Waals surface area contributed by atoms with Crippen LogP contribution in [0.2, 0.25) is 0 Å². The Labute approximate surface area is 190 Å². The number of nitrogens with zero attached hydrogens (tertiary/aromatic N) is 1. The number of hydrogen-bond acceptors (Lipinski definition) is 3. The molecule has 0 saturated heterocycles. The van der Waals surface area contributed by atoms with Gasteiger partial charge in [0.05, 0.1) is 13.5 Å². The maximum absolute atomic E-state index is 13.5. The van der Waals surface area contributed by atoms with Crippen molar-refractivity contribution in [1.29, 1.82) is 0 Å². The van der Waals surface area contributed by atoms with Crippen LogP contribution in [0.3, 0.4) is 0 Å². The van der Waals surface area contributed by atoms with Gasteiger partial charge >= 0.3 is 0 Å². The van der Waals surface area contributed by atoms with Crippen LogP contribution in [-0.4, -0.2) is 36.4 Å². The third kappa shape index (κ3) is 6.45. The number of ether oxygens (including phenoxy) is 1. The Bertz CT molecular complexity index is 988. The molecule has 0 aliphatic carbocycles. The number of benzene rings is 3. The van der Waals surface area contributed by atoms with Gasteiger partial charge in [-0.05, 0) is 35.7 Å². The molecule has 3 aromatic carbocycles. The minimum absolute atomic E-state index is 0.0841. The molecule has 2 amide bonds. The largest absolute Gasteiger partial charge is 0.497 e. The lowest BCUT2D eigenvalue weighted by atomic mass is 10.0. The number of rotatable bonds is 10. The van der Waals surface area contributed by atoms with Crippen molar-refractivity contribution in [2.24, 2.45) is 0 Å². The van der Waals surface area contributed by atoms with E-state index in [9.17, 15) is 9.59 Å². The molecule has 0 radical (unpaired) electrons. The van der Waals surface area contributed by atoms with E-state index in [1.807, 2.05) is 91.9 Å². The van der Waals surface area contributed by atoms with E-state index in [-0.39, 0.29) is 18.2 Å². The Morgan fingerprint density at radius 2 is 1.44 bits per heavy atom. The second-order valence-corrected chi connectivity index (χ2v) is 7.63. The fraction of sp³-hybridized carbons (Fsp3) is 0.259. The monoisotopic (exact) mass is 430 g/mol. The van der Waals surface area contributed by atoms with Crippen molar-refractivity contribution in [1.82, 2.24) is 10.2 Å². The van der Waals surface area contributed by atoms with Crippen LogP contribution in [0.25, 0.3) is 0 Å². The van der Waals surface area contributed by atoms with Crippen LogP contribution < -0.4 is 10.1 Å². The van der Waals surface area contributed by atoms with Gasteiger partial charge < -0.3 is 15.0 Å². The SMILES string of the molecule is CCNC(=O)[C@H](Cc1ccccc1)N(Cc1ccc(OC)cc1)C(=O)Cc1ccccc1. The molecule has 0 saturated carbocycles. The summed E-state index contributed by atoms with van der Waals surface area (Å²) in [6.07, 6.45) is 0.686. The number of likely N-dealkylation sites (N-methyl/N-ethyl adjacent to an activating group) is 1. The van der Waals surface area contributed by atoms with E-state index in [1.165, 1.54) is 0 Å². The fourth-order valence-corrected chi connectivity index (χ4v) is 3.65. The predicted octanol–water partition coefficient (Wildman–Crippen LogP) is 4.01. The minimum Gasteiger partial charge on any atom is -0.497 e. The summed E-state index contributed by atoms with van der Waals surface area (Å²) in [4.78, 5) is 28.3. The van der Waals surface area contributed by atoms with Gasteiger partial charge in [0.15, 0.2) is 0 Å². The first-order chi connectivity index (χ1) is 15.6. The number of hydrogen-bond donors (Lipinski definition) is 1. The lowest BCUT2D eigenvalue weighted by molar-refractivity contribution is -0.140. The Kier molecular flexibility index (Phi) is 8.44. The number of methoxy groups -OCH3 is 1. The smallest absolute Gasteiger partial charge is 0.243 e. The number of nitrogens with one attached hydrogen (secondary N) is 1. The first-order valence-corrected chi connectivity index (χ1v) is 10.9. The van der Waals surface area contributed by atoms with Crippen molar-refractivity contribution in [3.8, 4) is 5.75 Å². The first kappa shape index (κ1) is 23.1. The molecule has 0 aliphatic heterocycles. The molecule has 1 atom stereocenters. The van der Waals surface area contributed by atoms with Gasteiger partial charge in [-0.2, -0.15) is 0 Å². The summed E-state index contributed by atoms with van der Waals surface area (Å²) in [5.74, 6) is 0.519. The standard InChI is InChI=1S/C27H30N2O3/c1-3-28-27(31)25(18-21-10-6-4-7-11-21)29(20-23-14-16-24(32-2)17-15-23)26(30)19-22-12-8-5-9-13-22/h4-17,25H,3,18-20H2,1-2H3,(H,28,31)/t25-/m0/s1. The highest BCUT2D eigenvalue weighted by Gasteiger charge is 2.30. The van der Waals surface area contributed by atoms with Crippen molar-refractivity contribution < 1.29 is 14.3 Å². The van der Waals surface area contributed by atoms with Crippen molar-refractivity contribution in [3.05, 3.63) is 102 Å². The highest BCUT2D eigenvalue weighted by molar-refractivity contribution is 5.88. The minimum atomic E-state index is -0.615. The fourth-order valence-electron chi connectivity index (χ4n) is 3.65. The summed E-state index contributed by atoms with van der Waals surface area (Å²) in [7, 11) is 1.62. The van der Waals surface area contributed by atoms with Crippen molar-refractivity contribution in [2.75, 3.05) is 13.7 Å². The zero-order chi connectivity index (χ0) is 22.8. The lowest BCUT2D eigenvalue weighted by Crippen LogP contribution is -2.50. The van der Waals surface area contributed by atoms with E-state index in [2.05, 4.69) is 5.32 Å². The second-order valence-electron chi connectivity index (χ2n) is 7.63. The molecule has 5 heteroatoms. The summed E-state index contributed by atoms with van der Waals surface area (Å²) in [5.41, 5.74) is 2.87. The molecule has 3 rings (SSSR count). The van der Waals surface area contributed by atoms with E-state index in [1.54, 1.807) is 12.0 Å². The summed E-state index contributed by atoms with van der Waals surface area (Å²) < 4.78 is 5.25. The van der Waals surface area contributed by atoms with Gasteiger partial charge in [0.1, 0.15) is 11.8 Å². The molecular formula is C27H30N2O3. The molecule has 0 heterocycles. The summed E-state index contributed by atoms with van der Waals surface area (Å²) in [5, 5.41) is 2.92. The van der Waals surface area contributed by atoms with Crippen LogP contribution >= 0.6 is 0 Å². The van der Waals surface area contributed by atoms with Gasteiger partial charge in [-0.25, -0.2) is 0 Å². The van der Waals surface area contributed by atoms with Gasteiger partial charge in [0.2, 0.25) is 11.8 Å². The molecule has 0 aliphatic rings. The van der Waals surface area contributed by atoms with Crippen LogP contribution in [0.5, 0.6) is 5.75 Å². The average molecular weight is 431 g/mol. The van der Waals surface area contributed by atoms with Gasteiger partial charge in [0.25, 0.3) is 0 Å². The Hall–Kier alpha value is -3.60. The zero-order valence-corrected chi connectivity index (χ0v) is 18.7. The summed E-state index contributed by atoms with van der Waals surface area (Å²) >= 11 is 0. The van der Waals surface area contributed by atoms with E-state index in [0.29, 0.717) is 19.5 Å². The molecule has 166 valence electrons. The molecular weight excluding hydrogens is 400 g/mol. The number of carbonyl (C=O) groups excluding carboxylic acids is 2. The van der Waals surface area contributed by atoms with E-state index in [0.717, 1.165) is 22.4 Å². The highest BCUT2D eigenvalue weighted by Crippen LogP contribution is 2.18. The Morgan fingerprint density at radius 1 is 0.844 bits per heavy atom. The van der Waals surface area contributed by atoms with Crippen LogP contribution in [-0.2, 0) is 29.0 Å². The molecule has 0 spiro atoms. The quantitative estimate of drug-likeness (QED) is 0.529. The lowest BCUT2D eigenvalue weighted by Gasteiger charge is -2.31. The van der Waals surface area contributed by atoms with Gasteiger partial charge in [-0.15, -0.1) is 0 Å². The molecule has 0 unspecified atom stereocenters. The van der Waals surface area contributed by atoms with E-state index < -0.39 is 6.04 Å². The zero-order valence-electron chi connectivity index (χ0n) is 18.7. The molecule has 3 aromatic rings. The normalized spacial score (nSPS) is 11.4.